The van der Waals surface area contributed by atoms with Crippen molar-refractivity contribution in [2.24, 2.45) is 0 Å². The van der Waals surface area contributed by atoms with Crippen LogP contribution in [0.25, 0.3) is 0 Å². The summed E-state index contributed by atoms with van der Waals surface area (Å²) in [5.41, 5.74) is 0.997. The van der Waals surface area contributed by atoms with E-state index in [2.05, 4.69) is 4.90 Å². The molecule has 2 aromatic rings. The summed E-state index contributed by atoms with van der Waals surface area (Å²) < 4.78 is 39.9. The lowest BCUT2D eigenvalue weighted by Crippen LogP contribution is -2.48. The van der Waals surface area contributed by atoms with Crippen LogP contribution >= 0.6 is 23.2 Å². The van der Waals surface area contributed by atoms with E-state index in [4.69, 9.17) is 23.2 Å². The minimum atomic E-state index is -3.73. The molecule has 0 amide bonds. The molecule has 2 aromatic carbocycles. The zero-order valence-electron chi connectivity index (χ0n) is 12.6. The molecule has 1 heterocycles. The van der Waals surface area contributed by atoms with Crippen LogP contribution in [0.5, 0.6) is 0 Å². The molecule has 0 spiro atoms. The summed E-state index contributed by atoms with van der Waals surface area (Å²) in [5.74, 6) is -0.563. The number of rotatable bonds is 3. The van der Waals surface area contributed by atoms with Gasteiger partial charge >= 0.3 is 0 Å². The Hall–Kier alpha value is -1.34. The van der Waals surface area contributed by atoms with Gasteiger partial charge < -0.3 is 4.90 Å². The number of benzene rings is 2. The maximum Gasteiger partial charge on any atom is 0.244 e. The monoisotopic (exact) mass is 388 g/mol. The first-order valence-electron chi connectivity index (χ1n) is 7.33. The fraction of sp³-hybridized carbons (Fsp3) is 0.250. The van der Waals surface area contributed by atoms with E-state index in [1.807, 2.05) is 12.1 Å². The first-order valence-corrected chi connectivity index (χ1v) is 9.53. The molecule has 3 rings (SSSR count). The molecule has 24 heavy (non-hydrogen) atoms. The highest BCUT2D eigenvalue weighted by atomic mass is 35.5. The minimum Gasteiger partial charge on any atom is -0.369 e. The van der Waals surface area contributed by atoms with Gasteiger partial charge in [0.25, 0.3) is 0 Å². The summed E-state index contributed by atoms with van der Waals surface area (Å²) in [5, 5.41) is 0.557. The quantitative estimate of drug-likeness (QED) is 0.805. The summed E-state index contributed by atoms with van der Waals surface area (Å²) in [4.78, 5) is 2.03. The van der Waals surface area contributed by atoms with Gasteiger partial charge in [-0.25, -0.2) is 12.8 Å². The van der Waals surface area contributed by atoms with E-state index in [1.165, 1.54) is 10.4 Å². The van der Waals surface area contributed by atoms with Crippen LogP contribution in [0.4, 0.5) is 10.1 Å². The Balaban J connectivity index is 1.75. The predicted octanol–water partition coefficient (Wildman–Crippen LogP) is 3.64. The average Bonchev–Trinajstić information content (AvgIpc) is 2.55. The number of piperazine rings is 1. The number of anilines is 1. The first-order chi connectivity index (χ1) is 11.4. The van der Waals surface area contributed by atoms with Gasteiger partial charge in [0.1, 0.15) is 10.7 Å². The second kappa shape index (κ2) is 6.88. The molecule has 1 saturated heterocycles. The fourth-order valence-corrected chi connectivity index (χ4v) is 4.72. The normalized spacial score (nSPS) is 16.4. The summed E-state index contributed by atoms with van der Waals surface area (Å²) in [6, 6.07) is 10.7. The maximum absolute atomic E-state index is 13.1. The minimum absolute atomic E-state index is 0.0643. The van der Waals surface area contributed by atoms with E-state index >= 15 is 0 Å². The zero-order valence-corrected chi connectivity index (χ0v) is 15.0. The van der Waals surface area contributed by atoms with E-state index in [0.29, 0.717) is 31.2 Å². The molecule has 0 aliphatic carbocycles. The van der Waals surface area contributed by atoms with Gasteiger partial charge in [-0.1, -0.05) is 23.2 Å². The summed E-state index contributed by atoms with van der Waals surface area (Å²) >= 11 is 11.8. The zero-order chi connectivity index (χ0) is 17.3. The SMILES string of the molecule is O=S(=O)(c1ccc(F)cc1Cl)N1CCN(c2ccc(Cl)cc2)CC1. The van der Waals surface area contributed by atoms with E-state index in [0.717, 1.165) is 17.8 Å². The van der Waals surface area contributed by atoms with Crippen LogP contribution < -0.4 is 4.90 Å². The molecule has 0 unspecified atom stereocenters. The highest BCUT2D eigenvalue weighted by molar-refractivity contribution is 7.89. The van der Waals surface area contributed by atoms with Gasteiger partial charge in [0.15, 0.2) is 0 Å². The van der Waals surface area contributed by atoms with Crippen LogP contribution in [-0.2, 0) is 10.0 Å². The summed E-state index contributed by atoms with van der Waals surface area (Å²) in [7, 11) is -3.73. The van der Waals surface area contributed by atoms with E-state index in [-0.39, 0.29) is 9.92 Å². The third kappa shape index (κ3) is 3.52. The Kier molecular flexibility index (Phi) is 5.01. The summed E-state index contributed by atoms with van der Waals surface area (Å²) in [6.07, 6.45) is 0. The van der Waals surface area contributed by atoms with Crippen molar-refractivity contribution in [3.05, 3.63) is 58.3 Å². The number of halogens is 3. The Labute approximate surface area is 150 Å². The van der Waals surface area contributed by atoms with Crippen LogP contribution in [0.3, 0.4) is 0 Å². The standard InChI is InChI=1S/C16H15Cl2FN2O2S/c17-12-1-4-14(5-2-12)20-7-9-21(10-8-20)24(22,23)16-6-3-13(19)11-15(16)18/h1-6,11H,7-10H2. The Morgan fingerprint density at radius 1 is 0.917 bits per heavy atom. The number of nitrogens with zero attached hydrogens (tertiary/aromatic N) is 2. The van der Waals surface area contributed by atoms with Crippen molar-refractivity contribution in [2.75, 3.05) is 31.1 Å². The molecule has 0 N–H and O–H groups in total. The fourth-order valence-electron chi connectivity index (χ4n) is 2.66. The molecule has 1 aliphatic rings. The van der Waals surface area contributed by atoms with Crippen LogP contribution in [0.15, 0.2) is 47.4 Å². The topological polar surface area (TPSA) is 40.6 Å². The van der Waals surface area contributed by atoms with Crippen LogP contribution in [-0.4, -0.2) is 38.9 Å². The molecule has 0 radical (unpaired) electrons. The largest absolute Gasteiger partial charge is 0.369 e. The molecular weight excluding hydrogens is 374 g/mol. The molecule has 0 saturated carbocycles. The van der Waals surface area contributed by atoms with Crippen molar-refractivity contribution in [1.29, 1.82) is 0 Å². The molecule has 0 aromatic heterocycles. The lowest BCUT2D eigenvalue weighted by molar-refractivity contribution is 0.385. The van der Waals surface area contributed by atoms with Crippen LogP contribution in [0.2, 0.25) is 10.0 Å². The molecular formula is C16H15Cl2FN2O2S. The molecule has 8 heteroatoms. The van der Waals surface area contributed by atoms with Gasteiger partial charge in [-0.3, -0.25) is 0 Å². The Morgan fingerprint density at radius 3 is 2.12 bits per heavy atom. The van der Waals surface area contributed by atoms with Gasteiger partial charge in [0.2, 0.25) is 10.0 Å². The van der Waals surface area contributed by atoms with Crippen molar-refractivity contribution < 1.29 is 12.8 Å². The number of hydrogen-bond acceptors (Lipinski definition) is 3. The van der Waals surface area contributed by atoms with Gasteiger partial charge in [0.05, 0.1) is 5.02 Å². The van der Waals surface area contributed by atoms with Crippen molar-refractivity contribution in [2.45, 2.75) is 4.90 Å². The molecule has 0 bridgehead atoms. The number of sulfonamides is 1. The molecule has 128 valence electrons. The lowest BCUT2D eigenvalue weighted by atomic mass is 10.2. The van der Waals surface area contributed by atoms with Gasteiger partial charge in [-0.2, -0.15) is 4.31 Å². The predicted molar refractivity (Wildman–Crippen MR) is 93.8 cm³/mol. The van der Waals surface area contributed by atoms with Crippen LogP contribution in [0.1, 0.15) is 0 Å². The lowest BCUT2D eigenvalue weighted by Gasteiger charge is -2.35. The van der Waals surface area contributed by atoms with Gasteiger partial charge in [-0.05, 0) is 42.5 Å². The first kappa shape index (κ1) is 17.5. The van der Waals surface area contributed by atoms with Crippen molar-refractivity contribution in [3.8, 4) is 0 Å². The van der Waals surface area contributed by atoms with Gasteiger partial charge in [-0.15, -0.1) is 0 Å². The molecule has 4 nitrogen and oxygen atoms in total. The second-order valence-corrected chi connectivity index (χ2v) is 8.19. The average molecular weight is 389 g/mol. The third-order valence-electron chi connectivity index (χ3n) is 3.94. The molecule has 0 atom stereocenters. The van der Waals surface area contributed by atoms with Gasteiger partial charge in [0, 0.05) is 36.9 Å². The van der Waals surface area contributed by atoms with Crippen LogP contribution in [0, 0.1) is 5.82 Å². The van der Waals surface area contributed by atoms with E-state index in [9.17, 15) is 12.8 Å². The maximum atomic E-state index is 13.1. The van der Waals surface area contributed by atoms with E-state index in [1.54, 1.807) is 12.1 Å². The van der Waals surface area contributed by atoms with Crippen molar-refractivity contribution in [1.82, 2.24) is 4.31 Å². The summed E-state index contributed by atoms with van der Waals surface area (Å²) in [6.45, 7) is 1.77. The van der Waals surface area contributed by atoms with Crippen molar-refractivity contribution >= 4 is 38.9 Å². The molecule has 1 aliphatic heterocycles. The Bertz CT molecular complexity index is 836. The Morgan fingerprint density at radius 2 is 1.54 bits per heavy atom. The smallest absolute Gasteiger partial charge is 0.244 e. The molecule has 1 fully saturated rings. The second-order valence-electron chi connectivity index (χ2n) is 5.44. The van der Waals surface area contributed by atoms with E-state index < -0.39 is 15.8 Å². The highest BCUT2D eigenvalue weighted by Crippen LogP contribution is 2.27. The highest BCUT2D eigenvalue weighted by Gasteiger charge is 2.30. The van der Waals surface area contributed by atoms with Crippen molar-refractivity contribution in [3.63, 3.8) is 0 Å². The third-order valence-corrected chi connectivity index (χ3v) is 6.58. The number of hydrogen-bond donors (Lipinski definition) is 0.